The summed E-state index contributed by atoms with van der Waals surface area (Å²) in [5.74, 6) is 0. The molecular weight excluding hydrogens is 442 g/mol. The number of fused-ring (bicyclic) bond motifs is 1. The summed E-state index contributed by atoms with van der Waals surface area (Å²) < 4.78 is 80.9. The number of rotatable bonds is 3. The molecule has 170 valence electrons. The zero-order chi connectivity index (χ0) is 24.8. The monoisotopic (exact) mass is 460 g/mol. The van der Waals surface area contributed by atoms with Crippen LogP contribution in [-0.2, 0) is 17.8 Å². The molecule has 0 saturated carbocycles. The van der Waals surface area contributed by atoms with E-state index in [-0.39, 0.29) is 28.2 Å². The summed E-state index contributed by atoms with van der Waals surface area (Å²) in [5, 5.41) is 20.0. The van der Waals surface area contributed by atoms with Crippen molar-refractivity contribution in [1.29, 1.82) is 10.5 Å². The maximum atomic E-state index is 13.5. The van der Waals surface area contributed by atoms with Gasteiger partial charge in [0, 0.05) is 5.56 Å². The standard InChI is InChI=1S/C25H18F6N2/c1-4-23(2,3)17-6-5-14-7-16(12-32)21(13-33)22(20(14)11-17)15-8-18(24(26,27)28)10-19(9-15)25(29,30)31/h5-11H,4H2,1-3H3. The number of alkyl halides is 6. The van der Waals surface area contributed by atoms with Crippen molar-refractivity contribution in [3.63, 3.8) is 0 Å². The van der Waals surface area contributed by atoms with Crippen molar-refractivity contribution in [2.75, 3.05) is 0 Å². The summed E-state index contributed by atoms with van der Waals surface area (Å²) in [4.78, 5) is 0. The van der Waals surface area contributed by atoms with Crippen molar-refractivity contribution < 1.29 is 26.3 Å². The van der Waals surface area contributed by atoms with Crippen molar-refractivity contribution in [1.82, 2.24) is 0 Å². The molecule has 2 nitrogen and oxygen atoms in total. The third kappa shape index (κ3) is 4.52. The van der Waals surface area contributed by atoms with Crippen molar-refractivity contribution in [3.8, 4) is 23.3 Å². The first-order chi connectivity index (χ1) is 15.2. The van der Waals surface area contributed by atoms with Gasteiger partial charge in [-0.1, -0.05) is 32.9 Å². The zero-order valence-electron chi connectivity index (χ0n) is 17.9. The van der Waals surface area contributed by atoms with E-state index < -0.39 is 29.0 Å². The summed E-state index contributed by atoms with van der Waals surface area (Å²) in [6.07, 6.45) is -9.36. The number of benzene rings is 3. The molecule has 0 aliphatic rings. The van der Waals surface area contributed by atoms with Crippen LogP contribution in [0.2, 0.25) is 0 Å². The Kier molecular flexibility index (Phi) is 5.93. The van der Waals surface area contributed by atoms with E-state index in [4.69, 9.17) is 0 Å². The van der Waals surface area contributed by atoms with E-state index in [1.807, 2.05) is 32.9 Å². The largest absolute Gasteiger partial charge is 0.416 e. The second-order valence-electron chi connectivity index (χ2n) is 8.37. The van der Waals surface area contributed by atoms with Crippen molar-refractivity contribution in [2.24, 2.45) is 0 Å². The Bertz CT molecular complexity index is 1290. The lowest BCUT2D eigenvalue weighted by Crippen LogP contribution is -2.15. The lowest BCUT2D eigenvalue weighted by molar-refractivity contribution is -0.143. The van der Waals surface area contributed by atoms with Gasteiger partial charge in [0.1, 0.15) is 12.1 Å². The average molecular weight is 460 g/mol. The first-order valence-electron chi connectivity index (χ1n) is 9.94. The predicted molar refractivity (Wildman–Crippen MR) is 112 cm³/mol. The Morgan fingerprint density at radius 3 is 1.79 bits per heavy atom. The van der Waals surface area contributed by atoms with E-state index in [0.717, 1.165) is 12.0 Å². The molecule has 0 aliphatic heterocycles. The number of halogens is 6. The molecule has 0 heterocycles. The molecule has 3 aromatic rings. The molecule has 3 aromatic carbocycles. The van der Waals surface area contributed by atoms with Gasteiger partial charge in [0.2, 0.25) is 0 Å². The van der Waals surface area contributed by atoms with Crippen LogP contribution in [0, 0.1) is 22.7 Å². The highest BCUT2D eigenvalue weighted by atomic mass is 19.4. The van der Waals surface area contributed by atoms with Crippen LogP contribution in [0.5, 0.6) is 0 Å². The fraction of sp³-hybridized carbons (Fsp3) is 0.280. The highest BCUT2D eigenvalue weighted by molar-refractivity contribution is 6.01. The molecule has 0 saturated heterocycles. The van der Waals surface area contributed by atoms with E-state index in [1.165, 1.54) is 6.07 Å². The van der Waals surface area contributed by atoms with Gasteiger partial charge >= 0.3 is 12.4 Å². The van der Waals surface area contributed by atoms with Gasteiger partial charge in [-0.2, -0.15) is 36.9 Å². The van der Waals surface area contributed by atoms with Gasteiger partial charge in [0.05, 0.1) is 22.3 Å². The second kappa shape index (κ2) is 8.12. The molecule has 0 N–H and O–H groups in total. The third-order valence-corrected chi connectivity index (χ3v) is 5.92. The molecule has 0 radical (unpaired) electrons. The Hall–Kier alpha value is -3.52. The average Bonchev–Trinajstić information content (AvgIpc) is 2.75. The second-order valence-corrected chi connectivity index (χ2v) is 8.37. The van der Waals surface area contributed by atoms with Crippen LogP contribution in [0.4, 0.5) is 26.3 Å². The van der Waals surface area contributed by atoms with Gasteiger partial charge in [0.15, 0.2) is 0 Å². The predicted octanol–water partition coefficient (Wildman–Crippen LogP) is 7.98. The molecule has 0 aliphatic carbocycles. The van der Waals surface area contributed by atoms with Crippen molar-refractivity contribution >= 4 is 10.8 Å². The minimum Gasteiger partial charge on any atom is -0.192 e. The molecule has 0 spiro atoms. The smallest absolute Gasteiger partial charge is 0.192 e. The summed E-state index contributed by atoms with van der Waals surface area (Å²) in [5.41, 5.74) is -3.47. The van der Waals surface area contributed by atoms with Crippen LogP contribution in [0.25, 0.3) is 21.9 Å². The molecule has 0 unspecified atom stereocenters. The highest BCUT2D eigenvalue weighted by Crippen LogP contribution is 2.42. The first-order valence-corrected chi connectivity index (χ1v) is 9.94. The van der Waals surface area contributed by atoms with E-state index >= 15 is 0 Å². The Morgan fingerprint density at radius 1 is 0.758 bits per heavy atom. The summed E-state index contributed by atoms with van der Waals surface area (Å²) in [6, 6.07) is 11.4. The minimum atomic E-state index is -5.04. The van der Waals surface area contributed by atoms with Crippen LogP contribution in [-0.4, -0.2) is 0 Å². The number of nitriles is 2. The maximum absolute atomic E-state index is 13.5. The summed E-state index contributed by atoms with van der Waals surface area (Å²) in [7, 11) is 0. The van der Waals surface area contributed by atoms with E-state index in [1.54, 1.807) is 18.2 Å². The number of hydrogen-bond acceptors (Lipinski definition) is 2. The Balaban J connectivity index is 2.53. The minimum absolute atomic E-state index is 0.0392. The third-order valence-electron chi connectivity index (χ3n) is 5.92. The van der Waals surface area contributed by atoms with E-state index in [2.05, 4.69) is 0 Å². The van der Waals surface area contributed by atoms with Crippen LogP contribution in [0.15, 0.2) is 42.5 Å². The first kappa shape index (κ1) is 24.1. The number of nitrogens with zero attached hydrogens (tertiary/aromatic N) is 2. The molecule has 8 heteroatoms. The van der Waals surface area contributed by atoms with E-state index in [9.17, 15) is 36.9 Å². The normalized spacial score (nSPS) is 12.5. The van der Waals surface area contributed by atoms with Crippen LogP contribution in [0.1, 0.15) is 55.0 Å². The lowest BCUT2D eigenvalue weighted by Gasteiger charge is -2.24. The molecular formula is C25H18F6N2. The highest BCUT2D eigenvalue weighted by Gasteiger charge is 2.37. The van der Waals surface area contributed by atoms with Gasteiger partial charge < -0.3 is 0 Å². The molecule has 0 aromatic heterocycles. The van der Waals surface area contributed by atoms with Gasteiger partial charge in [0.25, 0.3) is 0 Å². The van der Waals surface area contributed by atoms with Gasteiger partial charge in [-0.15, -0.1) is 0 Å². The quantitative estimate of drug-likeness (QED) is 0.372. The Labute approximate surface area is 186 Å². The lowest BCUT2D eigenvalue weighted by atomic mass is 9.80. The zero-order valence-corrected chi connectivity index (χ0v) is 17.9. The van der Waals surface area contributed by atoms with Gasteiger partial charge in [-0.05, 0) is 64.1 Å². The molecule has 3 rings (SSSR count). The molecule has 0 bridgehead atoms. The van der Waals surface area contributed by atoms with Crippen LogP contribution >= 0.6 is 0 Å². The van der Waals surface area contributed by atoms with Crippen LogP contribution < -0.4 is 0 Å². The van der Waals surface area contributed by atoms with Gasteiger partial charge in [-0.25, -0.2) is 0 Å². The van der Waals surface area contributed by atoms with E-state index in [0.29, 0.717) is 22.9 Å². The van der Waals surface area contributed by atoms with Crippen molar-refractivity contribution in [2.45, 2.75) is 45.0 Å². The maximum Gasteiger partial charge on any atom is 0.416 e. The molecule has 0 fully saturated rings. The Morgan fingerprint density at radius 2 is 1.33 bits per heavy atom. The van der Waals surface area contributed by atoms with Crippen molar-refractivity contribution in [3.05, 3.63) is 70.3 Å². The molecule has 0 amide bonds. The summed E-state index contributed by atoms with van der Waals surface area (Å²) in [6.45, 7) is 5.86. The van der Waals surface area contributed by atoms with Crippen LogP contribution in [0.3, 0.4) is 0 Å². The summed E-state index contributed by atoms with van der Waals surface area (Å²) >= 11 is 0. The topological polar surface area (TPSA) is 47.6 Å². The SMILES string of the molecule is CCC(C)(C)c1ccc2cc(C#N)c(C#N)c(-c3cc(C(F)(F)F)cc(C(F)(F)F)c3)c2c1. The molecule has 0 atom stereocenters. The fourth-order valence-electron chi connectivity index (χ4n) is 3.62. The molecule has 33 heavy (non-hydrogen) atoms. The fourth-order valence-corrected chi connectivity index (χ4v) is 3.62. The van der Waals surface area contributed by atoms with Gasteiger partial charge in [-0.3, -0.25) is 0 Å². The number of hydrogen-bond donors (Lipinski definition) is 0.